The third kappa shape index (κ3) is 3.29. The van der Waals surface area contributed by atoms with Crippen LogP contribution in [-0.4, -0.2) is 39.3 Å². The third-order valence-corrected chi connectivity index (χ3v) is 2.31. The summed E-state index contributed by atoms with van der Waals surface area (Å²) < 4.78 is 11.4. The quantitative estimate of drug-likeness (QED) is 0.489. The fourth-order valence-electron chi connectivity index (χ4n) is 0.588. The first-order chi connectivity index (χ1) is 4.52. The maximum atomic E-state index is 10.5. The first kappa shape index (κ1) is 10.1. The van der Waals surface area contributed by atoms with E-state index in [4.69, 9.17) is 14.9 Å². The molecule has 0 fully saturated rings. The van der Waals surface area contributed by atoms with Gasteiger partial charge in [0.05, 0.1) is 6.61 Å². The predicted molar refractivity (Wildman–Crippen MR) is 36.4 cm³/mol. The number of hydrogen-bond donors (Lipinski definition) is 3. The summed E-state index contributed by atoms with van der Waals surface area (Å²) in [4.78, 5) is 17.1. The molecule has 0 aliphatic heterocycles. The molecule has 3 N–H and O–H groups in total. The molecule has 0 aromatic heterocycles. The number of hydrogen-bond acceptors (Lipinski definition) is 2. The highest BCUT2D eigenvalue weighted by Gasteiger charge is 2.22. The van der Waals surface area contributed by atoms with Gasteiger partial charge in [0, 0.05) is 13.1 Å². The highest BCUT2D eigenvalue weighted by Crippen LogP contribution is 2.38. The van der Waals surface area contributed by atoms with Crippen LogP contribution in [0.3, 0.4) is 0 Å². The minimum Gasteiger partial charge on any atom is -0.395 e. The predicted octanol–water partition coefficient (Wildman–Crippen LogP) is -0.607. The van der Waals surface area contributed by atoms with Crippen molar-refractivity contribution in [2.45, 2.75) is 6.92 Å². The SMILES string of the molecule is CCN(CCO)P(=O)(O)O. The molecule has 0 bridgehead atoms. The van der Waals surface area contributed by atoms with Crippen LogP contribution < -0.4 is 0 Å². The molecule has 0 radical (unpaired) electrons. The molecule has 0 rings (SSSR count). The Morgan fingerprint density at radius 1 is 1.50 bits per heavy atom. The lowest BCUT2D eigenvalue weighted by atomic mass is 10.6. The topological polar surface area (TPSA) is 81.0 Å². The largest absolute Gasteiger partial charge is 0.403 e. The van der Waals surface area contributed by atoms with E-state index < -0.39 is 7.75 Å². The summed E-state index contributed by atoms with van der Waals surface area (Å²) in [6.07, 6.45) is 0. The zero-order chi connectivity index (χ0) is 8.20. The zero-order valence-corrected chi connectivity index (χ0v) is 6.66. The number of aliphatic hydroxyl groups is 1. The molecule has 0 aliphatic rings. The molecule has 0 saturated heterocycles. The molecule has 0 aromatic rings. The van der Waals surface area contributed by atoms with E-state index in [1.54, 1.807) is 6.92 Å². The molecule has 6 heteroatoms. The lowest BCUT2D eigenvalue weighted by Crippen LogP contribution is -2.23. The van der Waals surface area contributed by atoms with Crippen LogP contribution in [0.1, 0.15) is 6.92 Å². The Balaban J connectivity index is 3.94. The smallest absolute Gasteiger partial charge is 0.395 e. The molecule has 0 aliphatic carbocycles. The maximum Gasteiger partial charge on any atom is 0.403 e. The van der Waals surface area contributed by atoms with E-state index in [0.717, 1.165) is 4.67 Å². The molecule has 0 amide bonds. The van der Waals surface area contributed by atoms with Crippen LogP contribution in [0.25, 0.3) is 0 Å². The van der Waals surface area contributed by atoms with E-state index in [1.807, 2.05) is 0 Å². The molecule has 0 unspecified atom stereocenters. The van der Waals surface area contributed by atoms with Crippen molar-refractivity contribution in [3.63, 3.8) is 0 Å². The Morgan fingerprint density at radius 2 is 2.00 bits per heavy atom. The second-order valence-corrected chi connectivity index (χ2v) is 3.38. The maximum absolute atomic E-state index is 10.5. The van der Waals surface area contributed by atoms with Crippen molar-refractivity contribution in [1.82, 2.24) is 4.67 Å². The van der Waals surface area contributed by atoms with Gasteiger partial charge in [-0.15, -0.1) is 0 Å². The number of nitrogens with zero attached hydrogens (tertiary/aromatic N) is 1. The summed E-state index contributed by atoms with van der Waals surface area (Å²) in [6.45, 7) is 1.64. The first-order valence-electron chi connectivity index (χ1n) is 2.94. The van der Waals surface area contributed by atoms with Gasteiger partial charge in [-0.2, -0.15) is 0 Å². The van der Waals surface area contributed by atoms with Gasteiger partial charge in [-0.3, -0.25) is 0 Å². The number of rotatable bonds is 4. The summed E-state index contributed by atoms with van der Waals surface area (Å²) in [6, 6.07) is 0. The minimum absolute atomic E-state index is 0.0147. The van der Waals surface area contributed by atoms with Crippen molar-refractivity contribution in [3.8, 4) is 0 Å². The Labute approximate surface area is 59.5 Å². The second kappa shape index (κ2) is 4.05. The van der Waals surface area contributed by atoms with E-state index >= 15 is 0 Å². The molecule has 0 spiro atoms. The van der Waals surface area contributed by atoms with Crippen LogP contribution in [-0.2, 0) is 4.57 Å². The fraction of sp³-hybridized carbons (Fsp3) is 1.00. The van der Waals surface area contributed by atoms with Gasteiger partial charge in [-0.05, 0) is 0 Å². The summed E-state index contributed by atoms with van der Waals surface area (Å²) >= 11 is 0. The molecule has 0 saturated carbocycles. The summed E-state index contributed by atoms with van der Waals surface area (Å²) in [5.74, 6) is 0. The van der Waals surface area contributed by atoms with Crippen molar-refractivity contribution in [2.75, 3.05) is 19.7 Å². The van der Waals surface area contributed by atoms with Gasteiger partial charge in [0.25, 0.3) is 0 Å². The van der Waals surface area contributed by atoms with Crippen LogP contribution in [0.4, 0.5) is 0 Å². The van der Waals surface area contributed by atoms with Gasteiger partial charge in [0.1, 0.15) is 0 Å². The van der Waals surface area contributed by atoms with Crippen molar-refractivity contribution >= 4 is 7.75 Å². The standard InChI is InChI=1S/C4H12NO4P/c1-2-5(3-4-6)10(7,8)9/h6H,2-4H2,1H3,(H2,7,8,9). The summed E-state index contributed by atoms with van der Waals surface area (Å²) in [7, 11) is -4.12. The van der Waals surface area contributed by atoms with Crippen LogP contribution in [0, 0.1) is 0 Å². The van der Waals surface area contributed by atoms with Crippen LogP contribution in [0.15, 0.2) is 0 Å². The van der Waals surface area contributed by atoms with E-state index in [9.17, 15) is 4.57 Å². The van der Waals surface area contributed by atoms with E-state index in [-0.39, 0.29) is 19.7 Å². The molecule has 5 nitrogen and oxygen atoms in total. The van der Waals surface area contributed by atoms with Crippen molar-refractivity contribution in [3.05, 3.63) is 0 Å². The van der Waals surface area contributed by atoms with Crippen LogP contribution in [0.2, 0.25) is 0 Å². The van der Waals surface area contributed by atoms with E-state index in [2.05, 4.69) is 0 Å². The highest BCUT2D eigenvalue weighted by atomic mass is 31.2. The third-order valence-electron chi connectivity index (χ3n) is 1.09. The van der Waals surface area contributed by atoms with Gasteiger partial charge in [0.2, 0.25) is 0 Å². The van der Waals surface area contributed by atoms with Crippen molar-refractivity contribution < 1.29 is 19.5 Å². The Morgan fingerprint density at radius 3 is 2.10 bits per heavy atom. The molecule has 0 heterocycles. The molecule has 10 heavy (non-hydrogen) atoms. The fourth-order valence-corrected chi connectivity index (χ4v) is 1.31. The Hall–Kier alpha value is 0.0700. The van der Waals surface area contributed by atoms with Gasteiger partial charge in [-0.25, -0.2) is 9.24 Å². The van der Waals surface area contributed by atoms with E-state index in [0.29, 0.717) is 0 Å². The van der Waals surface area contributed by atoms with Gasteiger partial charge in [0.15, 0.2) is 0 Å². The summed E-state index contributed by atoms with van der Waals surface area (Å²) in [5, 5.41) is 8.35. The molecular formula is C4H12NO4P. The van der Waals surface area contributed by atoms with E-state index in [1.165, 1.54) is 0 Å². The molecule has 62 valence electrons. The number of aliphatic hydroxyl groups excluding tert-OH is 1. The van der Waals surface area contributed by atoms with Gasteiger partial charge < -0.3 is 14.9 Å². The second-order valence-electron chi connectivity index (χ2n) is 1.78. The van der Waals surface area contributed by atoms with Gasteiger partial charge in [-0.1, -0.05) is 6.92 Å². The normalized spacial score (nSPS) is 12.5. The average molecular weight is 169 g/mol. The Kier molecular flexibility index (Phi) is 4.08. The minimum atomic E-state index is -4.12. The first-order valence-corrected chi connectivity index (χ1v) is 4.50. The zero-order valence-electron chi connectivity index (χ0n) is 5.77. The lowest BCUT2D eigenvalue weighted by molar-refractivity contribution is 0.219. The summed E-state index contributed by atoms with van der Waals surface area (Å²) in [5.41, 5.74) is 0. The molecular weight excluding hydrogens is 157 g/mol. The van der Waals surface area contributed by atoms with Gasteiger partial charge >= 0.3 is 7.75 Å². The Bertz CT molecular complexity index is 133. The lowest BCUT2D eigenvalue weighted by Gasteiger charge is -2.19. The molecule has 0 atom stereocenters. The molecule has 0 aromatic carbocycles. The number of likely N-dealkylation sites (N-methyl/N-ethyl adjacent to an activating group) is 1. The highest BCUT2D eigenvalue weighted by molar-refractivity contribution is 7.49. The average Bonchev–Trinajstić information content (AvgIpc) is 1.80. The van der Waals surface area contributed by atoms with Crippen molar-refractivity contribution in [1.29, 1.82) is 0 Å². The van der Waals surface area contributed by atoms with Crippen LogP contribution in [0.5, 0.6) is 0 Å². The van der Waals surface area contributed by atoms with Crippen molar-refractivity contribution in [2.24, 2.45) is 0 Å². The van der Waals surface area contributed by atoms with Crippen LogP contribution >= 0.6 is 7.75 Å². The monoisotopic (exact) mass is 169 g/mol.